The van der Waals surface area contributed by atoms with Crippen molar-refractivity contribution in [2.24, 2.45) is 0 Å². The summed E-state index contributed by atoms with van der Waals surface area (Å²) in [4.78, 5) is 33.2. The van der Waals surface area contributed by atoms with Gasteiger partial charge >= 0.3 is 0 Å². The molecule has 0 aliphatic heterocycles. The molecule has 0 saturated carbocycles. The number of hydrogen-bond acceptors (Lipinski definition) is 7. The SMILES string of the molecule is Cc1c(C(=O)NCCC(=O)NO)sc2ncnc(Nc3ccc(Cl)cc3)c12. The van der Waals surface area contributed by atoms with Gasteiger partial charge in [-0.2, -0.15) is 0 Å². The highest BCUT2D eigenvalue weighted by atomic mass is 35.5. The number of hydrogen-bond donors (Lipinski definition) is 4. The number of thiophene rings is 1. The van der Waals surface area contributed by atoms with Gasteiger partial charge in [-0.25, -0.2) is 15.4 Å². The molecule has 0 bridgehead atoms. The Bertz CT molecular complexity index is 990. The Kier molecular flexibility index (Phi) is 5.84. The predicted octanol–water partition coefficient (Wildman–Crippen LogP) is 3.02. The molecule has 0 aliphatic carbocycles. The van der Waals surface area contributed by atoms with E-state index < -0.39 is 5.91 Å². The van der Waals surface area contributed by atoms with Crippen molar-refractivity contribution in [1.82, 2.24) is 20.8 Å². The summed E-state index contributed by atoms with van der Waals surface area (Å²) in [5.74, 6) is -0.280. The summed E-state index contributed by atoms with van der Waals surface area (Å²) in [5.41, 5.74) is 3.08. The summed E-state index contributed by atoms with van der Waals surface area (Å²) in [5, 5.41) is 15.8. The molecule has 2 heterocycles. The summed E-state index contributed by atoms with van der Waals surface area (Å²) in [7, 11) is 0. The third-order valence-corrected chi connectivity index (χ3v) is 5.25. The number of nitrogens with zero attached hydrogens (tertiary/aromatic N) is 2. The van der Waals surface area contributed by atoms with E-state index >= 15 is 0 Å². The second-order valence-electron chi connectivity index (χ2n) is 5.63. The highest BCUT2D eigenvalue weighted by Gasteiger charge is 2.19. The van der Waals surface area contributed by atoms with Crippen LogP contribution in [0.2, 0.25) is 5.02 Å². The van der Waals surface area contributed by atoms with Crippen LogP contribution in [0.5, 0.6) is 0 Å². The standard InChI is InChI=1S/C17H16ClN5O3S/c1-9-13-15(22-11-4-2-10(18)3-5-11)20-8-21-17(13)27-14(9)16(25)19-7-6-12(24)23-26/h2-5,8,26H,6-7H2,1H3,(H,19,25)(H,23,24)(H,20,21,22). The fraction of sp³-hybridized carbons (Fsp3) is 0.176. The molecule has 10 heteroatoms. The minimum atomic E-state index is -0.566. The van der Waals surface area contributed by atoms with Gasteiger partial charge in [0.2, 0.25) is 5.91 Å². The van der Waals surface area contributed by atoms with Crippen LogP contribution in [0.25, 0.3) is 10.2 Å². The smallest absolute Gasteiger partial charge is 0.261 e. The summed E-state index contributed by atoms with van der Waals surface area (Å²) >= 11 is 7.16. The first kappa shape index (κ1) is 19.0. The molecule has 0 aliphatic rings. The van der Waals surface area contributed by atoms with Gasteiger partial charge in [-0.15, -0.1) is 11.3 Å². The summed E-state index contributed by atoms with van der Waals surface area (Å²) < 4.78 is 0. The number of aryl methyl sites for hydroxylation is 1. The second-order valence-corrected chi connectivity index (χ2v) is 7.07. The first-order chi connectivity index (χ1) is 13.0. The van der Waals surface area contributed by atoms with Crippen molar-refractivity contribution in [1.29, 1.82) is 0 Å². The predicted molar refractivity (Wildman–Crippen MR) is 104 cm³/mol. The molecular weight excluding hydrogens is 390 g/mol. The van der Waals surface area contributed by atoms with Crippen molar-refractivity contribution in [3.05, 3.63) is 46.1 Å². The average Bonchev–Trinajstić information content (AvgIpc) is 3.01. The molecule has 2 amide bonds. The number of amides is 2. The topological polar surface area (TPSA) is 116 Å². The van der Waals surface area contributed by atoms with Crippen LogP contribution in [0.3, 0.4) is 0 Å². The lowest BCUT2D eigenvalue weighted by molar-refractivity contribution is -0.129. The molecule has 0 unspecified atom stereocenters. The van der Waals surface area contributed by atoms with Crippen molar-refractivity contribution in [3.8, 4) is 0 Å². The largest absolute Gasteiger partial charge is 0.351 e. The van der Waals surface area contributed by atoms with Gasteiger partial charge in [0, 0.05) is 23.7 Å². The maximum atomic E-state index is 12.4. The molecule has 1 aromatic carbocycles. The molecule has 0 radical (unpaired) electrons. The number of nitrogens with one attached hydrogen (secondary N) is 3. The van der Waals surface area contributed by atoms with Crippen LogP contribution in [-0.4, -0.2) is 33.5 Å². The maximum absolute atomic E-state index is 12.4. The van der Waals surface area contributed by atoms with Gasteiger partial charge in [0.25, 0.3) is 5.91 Å². The van der Waals surface area contributed by atoms with E-state index in [2.05, 4.69) is 20.6 Å². The minimum Gasteiger partial charge on any atom is -0.351 e. The van der Waals surface area contributed by atoms with Gasteiger partial charge < -0.3 is 10.6 Å². The number of halogens is 1. The van der Waals surface area contributed by atoms with Gasteiger partial charge in [-0.1, -0.05) is 11.6 Å². The molecule has 4 N–H and O–H groups in total. The van der Waals surface area contributed by atoms with E-state index in [0.29, 0.717) is 20.5 Å². The lowest BCUT2D eigenvalue weighted by atomic mass is 10.2. The third kappa shape index (κ3) is 4.33. The van der Waals surface area contributed by atoms with E-state index in [0.717, 1.165) is 16.6 Å². The molecule has 27 heavy (non-hydrogen) atoms. The van der Waals surface area contributed by atoms with E-state index in [4.69, 9.17) is 16.8 Å². The average molecular weight is 406 g/mol. The van der Waals surface area contributed by atoms with Crippen molar-refractivity contribution < 1.29 is 14.8 Å². The molecule has 3 rings (SSSR count). The van der Waals surface area contributed by atoms with Crippen molar-refractivity contribution >= 4 is 56.5 Å². The Morgan fingerprint density at radius 3 is 2.67 bits per heavy atom. The highest BCUT2D eigenvalue weighted by molar-refractivity contribution is 7.20. The monoisotopic (exact) mass is 405 g/mol. The fourth-order valence-corrected chi connectivity index (χ4v) is 3.67. The Balaban J connectivity index is 1.85. The number of benzene rings is 1. The van der Waals surface area contributed by atoms with Crippen molar-refractivity contribution in [2.75, 3.05) is 11.9 Å². The Hall–Kier alpha value is -2.75. The minimum absolute atomic E-state index is 0.0185. The first-order valence-electron chi connectivity index (χ1n) is 7.97. The zero-order valence-electron chi connectivity index (χ0n) is 14.2. The maximum Gasteiger partial charge on any atom is 0.261 e. The van der Waals surface area contributed by atoms with Gasteiger partial charge in [-0.3, -0.25) is 14.8 Å². The van der Waals surface area contributed by atoms with E-state index in [1.54, 1.807) is 12.1 Å². The van der Waals surface area contributed by atoms with E-state index in [1.807, 2.05) is 19.1 Å². The molecule has 0 fully saturated rings. The number of rotatable bonds is 6. The van der Waals surface area contributed by atoms with Gasteiger partial charge in [0.05, 0.1) is 10.3 Å². The zero-order chi connectivity index (χ0) is 19.4. The van der Waals surface area contributed by atoms with Crippen LogP contribution in [0.1, 0.15) is 21.7 Å². The molecule has 2 aromatic heterocycles. The van der Waals surface area contributed by atoms with Crippen LogP contribution in [-0.2, 0) is 4.79 Å². The summed E-state index contributed by atoms with van der Waals surface area (Å²) in [6, 6.07) is 7.20. The highest BCUT2D eigenvalue weighted by Crippen LogP contribution is 2.34. The quantitative estimate of drug-likeness (QED) is 0.370. The number of anilines is 2. The number of fused-ring (bicyclic) bond motifs is 1. The summed E-state index contributed by atoms with van der Waals surface area (Å²) in [6.45, 7) is 1.94. The molecule has 0 saturated heterocycles. The van der Waals surface area contributed by atoms with Crippen LogP contribution >= 0.6 is 22.9 Å². The summed E-state index contributed by atoms with van der Waals surface area (Å²) in [6.07, 6.45) is 1.42. The second kappa shape index (κ2) is 8.30. The third-order valence-electron chi connectivity index (χ3n) is 3.80. The van der Waals surface area contributed by atoms with Crippen LogP contribution < -0.4 is 16.1 Å². The molecule has 8 nitrogen and oxygen atoms in total. The number of hydroxylamine groups is 1. The Morgan fingerprint density at radius 2 is 1.96 bits per heavy atom. The van der Waals surface area contributed by atoms with Crippen molar-refractivity contribution in [3.63, 3.8) is 0 Å². The molecule has 0 atom stereocenters. The number of aromatic nitrogens is 2. The number of carbonyl (C=O) groups excluding carboxylic acids is 2. The molecular formula is C17H16ClN5O3S. The van der Waals surface area contributed by atoms with E-state index in [1.165, 1.54) is 23.1 Å². The lowest BCUT2D eigenvalue weighted by Gasteiger charge is -2.07. The van der Waals surface area contributed by atoms with Gasteiger partial charge in [0.1, 0.15) is 17.0 Å². The van der Waals surface area contributed by atoms with Crippen LogP contribution in [0, 0.1) is 6.92 Å². The fourth-order valence-electron chi connectivity index (χ4n) is 2.48. The van der Waals surface area contributed by atoms with Gasteiger partial charge in [-0.05, 0) is 36.8 Å². The number of carbonyl (C=O) groups is 2. The zero-order valence-corrected chi connectivity index (χ0v) is 15.8. The van der Waals surface area contributed by atoms with Crippen molar-refractivity contribution in [2.45, 2.75) is 13.3 Å². The Labute approximate surface area is 163 Å². The van der Waals surface area contributed by atoms with Crippen LogP contribution in [0.4, 0.5) is 11.5 Å². The lowest BCUT2D eigenvalue weighted by Crippen LogP contribution is -2.29. The molecule has 0 spiro atoms. The first-order valence-corrected chi connectivity index (χ1v) is 9.17. The van der Waals surface area contributed by atoms with Crippen LogP contribution in [0.15, 0.2) is 30.6 Å². The molecule has 3 aromatic rings. The molecule has 140 valence electrons. The van der Waals surface area contributed by atoms with E-state index in [9.17, 15) is 9.59 Å². The van der Waals surface area contributed by atoms with E-state index in [-0.39, 0.29) is 18.9 Å². The Morgan fingerprint density at radius 1 is 1.22 bits per heavy atom. The normalized spacial score (nSPS) is 10.6. The van der Waals surface area contributed by atoms with Gasteiger partial charge in [0.15, 0.2) is 0 Å².